The van der Waals surface area contributed by atoms with Gasteiger partial charge in [-0.25, -0.2) is 0 Å². The minimum atomic E-state index is -5.13. The first-order chi connectivity index (χ1) is 18.2. The van der Waals surface area contributed by atoms with Crippen LogP contribution >= 0.6 is 0 Å². The van der Waals surface area contributed by atoms with Crippen LogP contribution in [0.4, 0.5) is 0 Å². The second-order valence-corrected chi connectivity index (χ2v) is 13.3. The third-order valence-corrected chi connectivity index (χ3v) is 9.85. The molecule has 0 aliphatic rings. The topological polar surface area (TPSA) is 269 Å². The molecule has 0 bridgehead atoms. The van der Waals surface area contributed by atoms with Gasteiger partial charge in [0, 0.05) is 24.8 Å². The first kappa shape index (κ1) is 57.9. The number of carboxylic acid groups (broad SMARTS) is 4. The fourth-order valence-electron chi connectivity index (χ4n) is 4.34. The van der Waals surface area contributed by atoms with Gasteiger partial charge in [-0.1, -0.05) is 79.1 Å². The number of aliphatic carboxylic acids is 4. The van der Waals surface area contributed by atoms with Crippen molar-refractivity contribution >= 4 is 44.1 Å². The van der Waals surface area contributed by atoms with E-state index >= 15 is 0 Å². The smallest absolute Gasteiger partial charge is 0.550 e. The predicted molar refractivity (Wildman–Crippen MR) is 134 cm³/mol. The molecule has 0 aromatic heterocycles. The molecule has 0 heterocycles. The Balaban J connectivity index is -0.000000150. The molecule has 0 fully saturated rings. The van der Waals surface area contributed by atoms with Crippen LogP contribution in [0.1, 0.15) is 105 Å². The van der Waals surface area contributed by atoms with Crippen LogP contribution in [0, 0.1) is 11.8 Å². The number of rotatable bonds is 20. The molecule has 4 atom stereocenters. The number of hydrogen-bond donors (Lipinski definition) is 2. The Labute approximate surface area is 349 Å². The van der Waals surface area contributed by atoms with Crippen LogP contribution in [-0.4, -0.2) is 59.3 Å². The molecule has 20 heteroatoms. The van der Waals surface area contributed by atoms with Crippen molar-refractivity contribution in [2.75, 3.05) is 0 Å². The van der Waals surface area contributed by atoms with Crippen molar-refractivity contribution in [3.05, 3.63) is 0 Å². The molecule has 0 spiro atoms. The molecule has 0 aromatic rings. The molecule has 0 amide bonds. The van der Waals surface area contributed by atoms with Gasteiger partial charge in [-0.15, -0.1) is 0 Å². The molecule has 2 N–H and O–H groups in total. The monoisotopic (exact) mass is 708 g/mol. The van der Waals surface area contributed by atoms with Crippen LogP contribution < -0.4 is 139 Å². The molecule has 0 rings (SSSR count). The van der Waals surface area contributed by atoms with Gasteiger partial charge < -0.3 is 39.6 Å². The minimum absolute atomic E-state index is 0. The Hall–Kier alpha value is 1.70. The van der Waals surface area contributed by atoms with E-state index in [4.69, 9.17) is 0 Å². The number of carbonyl (C=O) groups excluding carboxylic acids is 4. The minimum Gasteiger partial charge on any atom is -0.550 e. The van der Waals surface area contributed by atoms with Crippen molar-refractivity contribution < 1.29 is 184 Å². The molecule has 14 nitrogen and oxygen atoms in total. The number of unbranched alkanes of at least 4 members (excludes halogenated alkanes) is 2. The van der Waals surface area contributed by atoms with E-state index in [1.165, 1.54) is 0 Å². The van der Waals surface area contributed by atoms with Crippen molar-refractivity contribution in [3.8, 4) is 0 Å². The van der Waals surface area contributed by atoms with Crippen LogP contribution in [0.3, 0.4) is 0 Å². The first-order valence-electron chi connectivity index (χ1n) is 13.0. The summed E-state index contributed by atoms with van der Waals surface area (Å²) >= 11 is 0. The van der Waals surface area contributed by atoms with Crippen molar-refractivity contribution in [2.24, 2.45) is 11.8 Å². The van der Waals surface area contributed by atoms with E-state index in [0.717, 1.165) is 25.7 Å². The molecule has 0 saturated heterocycles. The van der Waals surface area contributed by atoms with Gasteiger partial charge in [0.15, 0.2) is 0 Å². The molecule has 44 heavy (non-hydrogen) atoms. The average Bonchev–Trinajstić information content (AvgIpc) is 2.80. The van der Waals surface area contributed by atoms with E-state index in [1.807, 2.05) is 13.8 Å². The largest absolute Gasteiger partial charge is 1.00 e. The Kier molecular flexibility index (Phi) is 36.2. The summed E-state index contributed by atoms with van der Waals surface area (Å²) in [4.78, 5) is 43.7. The van der Waals surface area contributed by atoms with Gasteiger partial charge in [-0.05, 0) is 24.7 Å². The normalized spacial score (nSPS) is 14.9. The summed E-state index contributed by atoms with van der Waals surface area (Å²) in [6, 6.07) is 0. The summed E-state index contributed by atoms with van der Waals surface area (Å²) in [6.45, 7) is 7.32. The fourth-order valence-corrected chi connectivity index (χ4v) is 6.26. The zero-order valence-corrected chi connectivity index (χ0v) is 36.9. The van der Waals surface area contributed by atoms with E-state index < -0.39 is 79.3 Å². The molecule has 0 aromatic carbocycles. The molecule has 236 valence electrons. The van der Waals surface area contributed by atoms with Gasteiger partial charge in [-0.2, -0.15) is 16.8 Å². The Bertz CT molecular complexity index is 989. The van der Waals surface area contributed by atoms with Gasteiger partial charge in [0.1, 0.15) is 9.49 Å². The number of hydrogen-bond acceptors (Lipinski definition) is 12. The average molecular weight is 709 g/mol. The maximum Gasteiger partial charge on any atom is 1.00 e. The summed E-state index contributed by atoms with van der Waals surface area (Å²) in [5.74, 6) is -8.63. The Morgan fingerprint density at radius 3 is 0.977 bits per heavy atom. The first-order valence-corrected chi connectivity index (χ1v) is 15.9. The Morgan fingerprint density at radius 1 is 0.591 bits per heavy atom. The SMILES string of the molecule is CCCCC(CC)CC(CC(=O)[O-])(C(=O)[O-])S(=O)(=O)O.CCCCC(CC)CC(CC(=O)[O-])(C(=O)[O-])S(=O)(=O)O.[Na+].[Na+].[Na+].[Na+]. The maximum atomic E-state index is 11.4. The molecule has 0 saturated carbocycles. The zero-order chi connectivity index (χ0) is 31.9. The van der Waals surface area contributed by atoms with Gasteiger partial charge >= 0.3 is 118 Å². The molecular formula is C24H40Na4O14S2. The molecule has 0 aliphatic carbocycles. The quantitative estimate of drug-likeness (QED) is 0.0879. The van der Waals surface area contributed by atoms with Crippen molar-refractivity contribution in [2.45, 2.75) is 114 Å². The van der Waals surface area contributed by atoms with Crippen LogP contribution in [0.25, 0.3) is 0 Å². The number of carbonyl (C=O) groups is 4. The van der Waals surface area contributed by atoms with Gasteiger partial charge in [0.05, 0.1) is 11.9 Å². The standard InChI is InChI=1S/2C12H22O7S.4Na/c2*1-3-5-6-9(4-2)7-12(11(15)16,8-10(13)14)20(17,18)19;;;;/h2*9H,3-8H2,1-2H3,(H,13,14)(H,15,16)(H,17,18,19);;;;/q;;4*+1/p-4. The van der Waals surface area contributed by atoms with Crippen LogP contribution in [0.15, 0.2) is 0 Å². The molecule has 4 unspecified atom stereocenters. The van der Waals surface area contributed by atoms with Gasteiger partial charge in [-0.3, -0.25) is 9.11 Å². The van der Waals surface area contributed by atoms with Crippen LogP contribution in [-0.2, 0) is 39.4 Å². The second kappa shape index (κ2) is 27.5. The van der Waals surface area contributed by atoms with Crippen LogP contribution in [0.5, 0.6) is 0 Å². The second-order valence-electron chi connectivity index (χ2n) is 9.85. The van der Waals surface area contributed by atoms with E-state index in [9.17, 15) is 65.5 Å². The van der Waals surface area contributed by atoms with E-state index in [2.05, 4.69) is 0 Å². The fraction of sp³-hybridized carbons (Fsp3) is 0.833. The summed E-state index contributed by atoms with van der Waals surface area (Å²) in [5, 5.41) is 43.7. The van der Waals surface area contributed by atoms with Gasteiger partial charge in [0.2, 0.25) is 0 Å². The summed E-state index contributed by atoms with van der Waals surface area (Å²) < 4.78 is 58.3. The molecule has 0 radical (unpaired) electrons. The summed E-state index contributed by atoms with van der Waals surface area (Å²) in [5.41, 5.74) is 0. The Morgan fingerprint density at radius 2 is 0.841 bits per heavy atom. The maximum absolute atomic E-state index is 11.4. The molecular weight excluding hydrogens is 668 g/mol. The van der Waals surface area contributed by atoms with E-state index in [0.29, 0.717) is 25.7 Å². The van der Waals surface area contributed by atoms with E-state index in [1.54, 1.807) is 13.8 Å². The van der Waals surface area contributed by atoms with Crippen molar-refractivity contribution in [1.29, 1.82) is 0 Å². The third kappa shape index (κ3) is 19.6. The summed E-state index contributed by atoms with van der Waals surface area (Å²) in [6.07, 6.45) is 1.55. The zero-order valence-electron chi connectivity index (χ0n) is 27.2. The number of carboxylic acids is 4. The van der Waals surface area contributed by atoms with Gasteiger partial charge in [0.25, 0.3) is 20.2 Å². The predicted octanol–water partition coefficient (Wildman–Crippen LogP) is -13.8. The van der Waals surface area contributed by atoms with Crippen LogP contribution in [0.2, 0.25) is 0 Å². The summed E-state index contributed by atoms with van der Waals surface area (Å²) in [7, 11) is -10.3. The third-order valence-electron chi connectivity index (χ3n) is 6.91. The van der Waals surface area contributed by atoms with E-state index in [-0.39, 0.29) is 130 Å². The van der Waals surface area contributed by atoms with Crippen molar-refractivity contribution in [3.63, 3.8) is 0 Å². The molecule has 0 aliphatic heterocycles. The van der Waals surface area contributed by atoms with Crippen molar-refractivity contribution in [1.82, 2.24) is 0 Å².